The van der Waals surface area contributed by atoms with E-state index in [1.165, 1.54) is 4.90 Å². The van der Waals surface area contributed by atoms with Crippen LogP contribution in [0.15, 0.2) is 0 Å². The number of ether oxygens (including phenoxy) is 1. The van der Waals surface area contributed by atoms with Gasteiger partial charge < -0.3 is 20.1 Å². The highest BCUT2D eigenvalue weighted by Crippen LogP contribution is 2.17. The maximum absolute atomic E-state index is 11.5. The van der Waals surface area contributed by atoms with Crippen LogP contribution in [0.5, 0.6) is 0 Å². The van der Waals surface area contributed by atoms with Crippen molar-refractivity contribution in [3.63, 3.8) is 0 Å². The molecule has 0 bridgehead atoms. The second-order valence-corrected chi connectivity index (χ2v) is 5.51. The number of rotatable bonds is 4. The van der Waals surface area contributed by atoms with E-state index in [1.807, 2.05) is 0 Å². The van der Waals surface area contributed by atoms with E-state index < -0.39 is 23.6 Å². The van der Waals surface area contributed by atoms with Crippen molar-refractivity contribution in [1.82, 2.24) is 10.2 Å². The van der Waals surface area contributed by atoms with Gasteiger partial charge in [-0.1, -0.05) is 0 Å². The second kappa shape index (κ2) is 5.90. The Morgan fingerprint density at radius 1 is 1.47 bits per heavy atom. The smallest absolute Gasteiger partial charge is 0.407 e. The third-order valence-electron chi connectivity index (χ3n) is 2.61. The molecule has 1 atom stereocenters. The van der Waals surface area contributed by atoms with Crippen molar-refractivity contribution in [1.29, 1.82) is 0 Å². The van der Waals surface area contributed by atoms with E-state index in [1.54, 1.807) is 20.8 Å². The van der Waals surface area contributed by atoms with Gasteiger partial charge in [0.15, 0.2) is 0 Å². The number of carboxylic acid groups (broad SMARTS) is 1. The summed E-state index contributed by atoms with van der Waals surface area (Å²) in [5.41, 5.74) is -0.568. The van der Waals surface area contributed by atoms with Gasteiger partial charge >= 0.3 is 12.1 Å². The molecule has 0 radical (unpaired) electrons. The zero-order valence-corrected chi connectivity index (χ0v) is 11.4. The Morgan fingerprint density at radius 2 is 2.11 bits per heavy atom. The third-order valence-corrected chi connectivity index (χ3v) is 2.61. The van der Waals surface area contributed by atoms with E-state index >= 15 is 0 Å². The maximum atomic E-state index is 11.5. The highest BCUT2D eigenvalue weighted by Gasteiger charge is 2.33. The Labute approximate surface area is 111 Å². The lowest BCUT2D eigenvalue weighted by Crippen LogP contribution is -2.38. The van der Waals surface area contributed by atoms with Crippen molar-refractivity contribution in [3.8, 4) is 0 Å². The minimum Gasteiger partial charge on any atom is -0.481 e. The third kappa shape index (κ3) is 5.15. The quantitative estimate of drug-likeness (QED) is 0.774. The van der Waals surface area contributed by atoms with Gasteiger partial charge in [0.1, 0.15) is 5.60 Å². The standard InChI is InChI=1S/C12H20N2O5/c1-12(2,3)19-11(18)13-4-5-14-7-8(10(16)17)6-9(14)15/h8H,4-7H2,1-3H3,(H,13,18)(H,16,17)/t8-/m0/s1. The van der Waals surface area contributed by atoms with Crippen molar-refractivity contribution in [2.24, 2.45) is 5.92 Å². The van der Waals surface area contributed by atoms with E-state index in [-0.39, 0.29) is 25.4 Å². The van der Waals surface area contributed by atoms with Crippen molar-refractivity contribution >= 4 is 18.0 Å². The highest BCUT2D eigenvalue weighted by molar-refractivity contribution is 5.86. The van der Waals surface area contributed by atoms with Crippen LogP contribution in [0, 0.1) is 5.92 Å². The predicted molar refractivity (Wildman–Crippen MR) is 66.6 cm³/mol. The van der Waals surface area contributed by atoms with Crippen LogP contribution >= 0.6 is 0 Å². The number of hydrogen-bond donors (Lipinski definition) is 2. The molecule has 7 heteroatoms. The number of likely N-dealkylation sites (tertiary alicyclic amines) is 1. The lowest BCUT2D eigenvalue weighted by atomic mass is 10.1. The topological polar surface area (TPSA) is 95.9 Å². The number of nitrogens with one attached hydrogen (secondary N) is 1. The fraction of sp³-hybridized carbons (Fsp3) is 0.750. The molecule has 0 unspecified atom stereocenters. The number of amides is 2. The molecule has 1 aliphatic heterocycles. The van der Waals surface area contributed by atoms with Crippen molar-refractivity contribution in [3.05, 3.63) is 0 Å². The van der Waals surface area contributed by atoms with E-state index in [4.69, 9.17) is 9.84 Å². The van der Waals surface area contributed by atoms with Crippen LogP contribution in [0.4, 0.5) is 4.79 Å². The van der Waals surface area contributed by atoms with Gasteiger partial charge in [-0.2, -0.15) is 0 Å². The second-order valence-electron chi connectivity index (χ2n) is 5.51. The summed E-state index contributed by atoms with van der Waals surface area (Å²) < 4.78 is 5.04. The molecule has 7 nitrogen and oxygen atoms in total. The molecule has 19 heavy (non-hydrogen) atoms. The predicted octanol–water partition coefficient (Wildman–Crippen LogP) is 0.444. The molecular weight excluding hydrogens is 252 g/mol. The zero-order valence-electron chi connectivity index (χ0n) is 11.4. The molecule has 0 aromatic rings. The SMILES string of the molecule is CC(C)(C)OC(=O)NCCN1C[C@@H](C(=O)O)CC1=O. The highest BCUT2D eigenvalue weighted by atomic mass is 16.6. The number of alkyl carbamates (subject to hydrolysis) is 1. The maximum Gasteiger partial charge on any atom is 0.407 e. The largest absolute Gasteiger partial charge is 0.481 e. The minimum absolute atomic E-state index is 0.0295. The number of carbonyl (C=O) groups excluding carboxylic acids is 2. The first-order valence-corrected chi connectivity index (χ1v) is 6.16. The molecule has 0 aliphatic carbocycles. The van der Waals surface area contributed by atoms with Gasteiger partial charge in [-0.15, -0.1) is 0 Å². The zero-order chi connectivity index (χ0) is 14.6. The van der Waals surface area contributed by atoms with E-state index in [2.05, 4.69) is 5.32 Å². The van der Waals surface area contributed by atoms with Gasteiger partial charge in [0.25, 0.3) is 0 Å². The molecule has 108 valence electrons. The summed E-state index contributed by atoms with van der Waals surface area (Å²) in [6.07, 6.45) is -0.518. The number of carbonyl (C=O) groups is 3. The van der Waals surface area contributed by atoms with E-state index in [0.717, 1.165) is 0 Å². The monoisotopic (exact) mass is 272 g/mol. The Bertz CT molecular complexity index is 375. The molecule has 0 saturated carbocycles. The number of nitrogens with zero attached hydrogens (tertiary/aromatic N) is 1. The Hall–Kier alpha value is -1.79. The number of hydrogen-bond acceptors (Lipinski definition) is 4. The van der Waals surface area contributed by atoms with Gasteiger partial charge in [-0.25, -0.2) is 4.79 Å². The molecule has 0 spiro atoms. The van der Waals surface area contributed by atoms with Gasteiger partial charge in [0.2, 0.25) is 5.91 Å². The van der Waals surface area contributed by atoms with Crippen LogP contribution in [0.3, 0.4) is 0 Å². The fourth-order valence-corrected chi connectivity index (χ4v) is 1.76. The Balaban J connectivity index is 2.29. The molecule has 1 rings (SSSR count). The Kier molecular flexibility index (Phi) is 4.74. The average Bonchev–Trinajstić information content (AvgIpc) is 2.58. The first-order valence-electron chi connectivity index (χ1n) is 6.16. The normalized spacial score (nSPS) is 19.4. The first-order chi connectivity index (χ1) is 8.69. The van der Waals surface area contributed by atoms with Crippen LogP contribution in [-0.2, 0) is 14.3 Å². The van der Waals surface area contributed by atoms with Crippen molar-refractivity contribution in [2.75, 3.05) is 19.6 Å². The molecule has 0 aromatic heterocycles. The van der Waals surface area contributed by atoms with Gasteiger partial charge in [-0.05, 0) is 20.8 Å². The summed E-state index contributed by atoms with van der Waals surface area (Å²) >= 11 is 0. The van der Waals surface area contributed by atoms with Crippen molar-refractivity contribution < 1.29 is 24.2 Å². The molecule has 2 amide bonds. The molecule has 1 saturated heterocycles. The minimum atomic E-state index is -0.962. The summed E-state index contributed by atoms with van der Waals surface area (Å²) in [6, 6.07) is 0. The summed E-state index contributed by atoms with van der Waals surface area (Å²) in [5.74, 6) is -1.80. The fourth-order valence-electron chi connectivity index (χ4n) is 1.76. The molecule has 0 aromatic carbocycles. The first kappa shape index (κ1) is 15.3. The van der Waals surface area contributed by atoms with Crippen LogP contribution < -0.4 is 5.32 Å². The lowest BCUT2D eigenvalue weighted by molar-refractivity contribution is -0.141. The lowest BCUT2D eigenvalue weighted by Gasteiger charge is -2.21. The van der Waals surface area contributed by atoms with Crippen LogP contribution in [0.1, 0.15) is 27.2 Å². The molecule has 1 fully saturated rings. The summed E-state index contributed by atoms with van der Waals surface area (Å²) in [5, 5.41) is 11.3. The molecule has 2 N–H and O–H groups in total. The average molecular weight is 272 g/mol. The van der Waals surface area contributed by atoms with Gasteiger partial charge in [0, 0.05) is 26.1 Å². The summed E-state index contributed by atoms with van der Waals surface area (Å²) in [7, 11) is 0. The molecular formula is C12H20N2O5. The Morgan fingerprint density at radius 3 is 2.58 bits per heavy atom. The van der Waals surface area contributed by atoms with Crippen LogP contribution in [0.25, 0.3) is 0 Å². The number of aliphatic carboxylic acids is 1. The van der Waals surface area contributed by atoms with Crippen LogP contribution in [0.2, 0.25) is 0 Å². The molecule has 1 heterocycles. The summed E-state index contributed by atoms with van der Waals surface area (Å²) in [6.45, 7) is 6.01. The van der Waals surface area contributed by atoms with Gasteiger partial charge in [0.05, 0.1) is 5.92 Å². The van der Waals surface area contributed by atoms with Crippen LogP contribution in [-0.4, -0.2) is 53.2 Å². The van der Waals surface area contributed by atoms with Crippen molar-refractivity contribution in [2.45, 2.75) is 32.8 Å². The van der Waals surface area contributed by atoms with E-state index in [9.17, 15) is 14.4 Å². The number of carboxylic acids is 1. The van der Waals surface area contributed by atoms with E-state index in [0.29, 0.717) is 6.54 Å². The molecule has 1 aliphatic rings. The summed E-state index contributed by atoms with van der Waals surface area (Å²) in [4.78, 5) is 35.1. The van der Waals surface area contributed by atoms with Gasteiger partial charge in [-0.3, -0.25) is 9.59 Å².